The Morgan fingerprint density at radius 3 is 2.81 bits per heavy atom. The third-order valence-electron chi connectivity index (χ3n) is 3.90. The molecule has 0 aromatic carbocycles. The lowest BCUT2D eigenvalue weighted by Gasteiger charge is -2.41. The molecule has 2 unspecified atom stereocenters. The second-order valence-electron chi connectivity index (χ2n) is 5.64. The summed E-state index contributed by atoms with van der Waals surface area (Å²) < 4.78 is 0. The van der Waals surface area contributed by atoms with Gasteiger partial charge >= 0.3 is 0 Å². The molecule has 1 aliphatic carbocycles. The number of nitrogens with two attached hydrogens (primary N) is 1. The zero-order valence-electron chi connectivity index (χ0n) is 11.2. The van der Waals surface area contributed by atoms with E-state index >= 15 is 0 Å². The van der Waals surface area contributed by atoms with Gasteiger partial charge in [0.1, 0.15) is 0 Å². The van der Waals surface area contributed by atoms with E-state index in [4.69, 9.17) is 5.73 Å². The first-order chi connectivity index (χ1) is 7.62. The zero-order valence-corrected chi connectivity index (χ0v) is 12.0. The van der Waals surface area contributed by atoms with Crippen molar-refractivity contribution in [2.75, 3.05) is 38.7 Å². The standard InChI is InChI=1S/C13H28N2S/c1-12-5-4-6-13(9-12,10-14)11-15(2)7-8-16-3/h12H,4-11,14H2,1-3H3. The molecule has 1 fully saturated rings. The van der Waals surface area contributed by atoms with Crippen LogP contribution in [0.5, 0.6) is 0 Å². The maximum atomic E-state index is 6.05. The average molecular weight is 244 g/mol. The molecular formula is C13H28N2S. The van der Waals surface area contributed by atoms with E-state index in [-0.39, 0.29) is 0 Å². The van der Waals surface area contributed by atoms with Crippen LogP contribution >= 0.6 is 11.8 Å². The fourth-order valence-corrected chi connectivity index (χ4v) is 3.56. The van der Waals surface area contributed by atoms with E-state index in [1.807, 2.05) is 11.8 Å². The van der Waals surface area contributed by atoms with Crippen molar-refractivity contribution in [1.82, 2.24) is 4.90 Å². The first-order valence-corrected chi connectivity index (χ1v) is 7.89. The number of rotatable bonds is 6. The molecule has 0 amide bonds. The second-order valence-corrected chi connectivity index (χ2v) is 6.62. The molecular weight excluding hydrogens is 216 g/mol. The van der Waals surface area contributed by atoms with Crippen LogP contribution < -0.4 is 5.73 Å². The number of hydrogen-bond donors (Lipinski definition) is 1. The molecule has 2 N–H and O–H groups in total. The van der Waals surface area contributed by atoms with E-state index in [0.717, 1.165) is 12.5 Å². The highest BCUT2D eigenvalue weighted by Gasteiger charge is 2.34. The minimum absolute atomic E-state index is 0.408. The molecule has 1 aliphatic rings. The number of nitrogens with zero attached hydrogens (tertiary/aromatic N) is 1. The summed E-state index contributed by atoms with van der Waals surface area (Å²) in [5, 5.41) is 0. The number of thioether (sulfide) groups is 1. The monoisotopic (exact) mass is 244 g/mol. The Balaban J connectivity index is 2.45. The van der Waals surface area contributed by atoms with Crippen molar-refractivity contribution in [1.29, 1.82) is 0 Å². The summed E-state index contributed by atoms with van der Waals surface area (Å²) in [7, 11) is 2.24. The minimum Gasteiger partial charge on any atom is -0.330 e. The molecule has 16 heavy (non-hydrogen) atoms. The van der Waals surface area contributed by atoms with Crippen molar-refractivity contribution in [3.8, 4) is 0 Å². The fraction of sp³-hybridized carbons (Fsp3) is 1.00. The second kappa shape index (κ2) is 6.87. The zero-order chi connectivity index (χ0) is 12.0. The molecule has 0 bridgehead atoms. The predicted octanol–water partition coefficient (Wildman–Crippen LogP) is 2.44. The Kier molecular flexibility index (Phi) is 6.16. The maximum absolute atomic E-state index is 6.05. The molecule has 0 aromatic heterocycles. The van der Waals surface area contributed by atoms with Crippen LogP contribution in [0.15, 0.2) is 0 Å². The molecule has 3 heteroatoms. The summed E-state index contributed by atoms with van der Waals surface area (Å²) in [6.45, 7) is 5.62. The summed E-state index contributed by atoms with van der Waals surface area (Å²) in [6, 6.07) is 0. The van der Waals surface area contributed by atoms with Crippen LogP contribution in [0, 0.1) is 11.3 Å². The first-order valence-electron chi connectivity index (χ1n) is 6.49. The Morgan fingerprint density at radius 1 is 1.50 bits per heavy atom. The van der Waals surface area contributed by atoms with Crippen LogP contribution in [0.4, 0.5) is 0 Å². The lowest BCUT2D eigenvalue weighted by Crippen LogP contribution is -2.44. The average Bonchev–Trinajstić information content (AvgIpc) is 2.26. The van der Waals surface area contributed by atoms with Gasteiger partial charge in [-0.15, -0.1) is 0 Å². The SMILES string of the molecule is CSCCN(C)CC1(CN)CCCC(C)C1. The van der Waals surface area contributed by atoms with Gasteiger partial charge < -0.3 is 10.6 Å². The summed E-state index contributed by atoms with van der Waals surface area (Å²) in [5.41, 5.74) is 6.45. The highest BCUT2D eigenvalue weighted by molar-refractivity contribution is 7.98. The normalized spacial score (nSPS) is 30.9. The summed E-state index contributed by atoms with van der Waals surface area (Å²) >= 11 is 1.93. The molecule has 0 heterocycles. The third-order valence-corrected chi connectivity index (χ3v) is 4.49. The first kappa shape index (κ1) is 14.3. The summed E-state index contributed by atoms with van der Waals surface area (Å²) in [5.74, 6) is 2.10. The summed E-state index contributed by atoms with van der Waals surface area (Å²) in [4.78, 5) is 2.47. The smallest absolute Gasteiger partial charge is 0.00694 e. The maximum Gasteiger partial charge on any atom is 0.00694 e. The Morgan fingerprint density at radius 2 is 2.25 bits per heavy atom. The van der Waals surface area contributed by atoms with Crippen molar-refractivity contribution >= 4 is 11.8 Å². The van der Waals surface area contributed by atoms with Gasteiger partial charge in [0, 0.05) is 18.8 Å². The van der Waals surface area contributed by atoms with E-state index in [2.05, 4.69) is 25.1 Å². The largest absolute Gasteiger partial charge is 0.330 e. The molecule has 96 valence electrons. The lowest BCUT2D eigenvalue weighted by atomic mass is 9.70. The van der Waals surface area contributed by atoms with Gasteiger partial charge in [-0.25, -0.2) is 0 Å². The van der Waals surface area contributed by atoms with E-state index < -0.39 is 0 Å². The van der Waals surface area contributed by atoms with Crippen LogP contribution in [0.25, 0.3) is 0 Å². The molecule has 0 aromatic rings. The minimum atomic E-state index is 0.408. The van der Waals surface area contributed by atoms with Crippen LogP contribution in [0.1, 0.15) is 32.6 Å². The quantitative estimate of drug-likeness (QED) is 0.778. The van der Waals surface area contributed by atoms with Crippen LogP contribution in [-0.2, 0) is 0 Å². The third kappa shape index (κ3) is 4.27. The molecule has 0 spiro atoms. The fourth-order valence-electron chi connectivity index (χ4n) is 3.06. The van der Waals surface area contributed by atoms with Gasteiger partial charge in [-0.05, 0) is 44.0 Å². The lowest BCUT2D eigenvalue weighted by molar-refractivity contribution is 0.104. The van der Waals surface area contributed by atoms with Crippen molar-refractivity contribution < 1.29 is 0 Å². The van der Waals surface area contributed by atoms with E-state index in [0.29, 0.717) is 5.41 Å². The van der Waals surface area contributed by atoms with Crippen molar-refractivity contribution in [3.63, 3.8) is 0 Å². The Hall–Kier alpha value is 0.270. The Labute approximate surface area is 105 Å². The van der Waals surface area contributed by atoms with Crippen LogP contribution in [-0.4, -0.2) is 43.6 Å². The van der Waals surface area contributed by atoms with E-state index in [9.17, 15) is 0 Å². The van der Waals surface area contributed by atoms with Gasteiger partial charge in [0.25, 0.3) is 0 Å². The molecule has 0 radical (unpaired) electrons. The van der Waals surface area contributed by atoms with Gasteiger partial charge in [0.15, 0.2) is 0 Å². The highest BCUT2D eigenvalue weighted by atomic mass is 32.2. The van der Waals surface area contributed by atoms with Gasteiger partial charge in [-0.3, -0.25) is 0 Å². The predicted molar refractivity (Wildman–Crippen MR) is 75.0 cm³/mol. The van der Waals surface area contributed by atoms with Crippen molar-refractivity contribution in [2.45, 2.75) is 32.6 Å². The summed E-state index contributed by atoms with van der Waals surface area (Å²) in [6.07, 6.45) is 7.60. The van der Waals surface area contributed by atoms with Crippen LogP contribution in [0.2, 0.25) is 0 Å². The van der Waals surface area contributed by atoms with Gasteiger partial charge in [-0.2, -0.15) is 11.8 Å². The highest BCUT2D eigenvalue weighted by Crippen LogP contribution is 2.38. The van der Waals surface area contributed by atoms with Gasteiger partial charge in [0.05, 0.1) is 0 Å². The Bertz CT molecular complexity index is 198. The molecule has 0 saturated heterocycles. The molecule has 1 rings (SSSR count). The van der Waals surface area contributed by atoms with Gasteiger partial charge in [0.2, 0.25) is 0 Å². The molecule has 2 atom stereocenters. The van der Waals surface area contributed by atoms with Crippen LogP contribution in [0.3, 0.4) is 0 Å². The molecule has 0 aliphatic heterocycles. The molecule has 1 saturated carbocycles. The topological polar surface area (TPSA) is 29.3 Å². The van der Waals surface area contributed by atoms with Gasteiger partial charge in [-0.1, -0.05) is 19.8 Å². The van der Waals surface area contributed by atoms with Crippen molar-refractivity contribution in [3.05, 3.63) is 0 Å². The van der Waals surface area contributed by atoms with E-state index in [1.165, 1.54) is 44.5 Å². The molecule has 2 nitrogen and oxygen atoms in total. The van der Waals surface area contributed by atoms with E-state index in [1.54, 1.807) is 0 Å². The number of hydrogen-bond acceptors (Lipinski definition) is 3. The van der Waals surface area contributed by atoms with Crippen molar-refractivity contribution in [2.24, 2.45) is 17.1 Å².